The maximum Gasteiger partial charge on any atom is 0.230 e. The van der Waals surface area contributed by atoms with Gasteiger partial charge in [-0.1, -0.05) is 54.6 Å². The smallest absolute Gasteiger partial charge is 0.230 e. The summed E-state index contributed by atoms with van der Waals surface area (Å²) in [7, 11) is 1.64. The second kappa shape index (κ2) is 10.8. The van der Waals surface area contributed by atoms with Crippen molar-refractivity contribution < 1.29 is 14.0 Å². The van der Waals surface area contributed by atoms with E-state index in [9.17, 15) is 9.59 Å². The summed E-state index contributed by atoms with van der Waals surface area (Å²) >= 11 is 0. The van der Waals surface area contributed by atoms with E-state index < -0.39 is 0 Å². The van der Waals surface area contributed by atoms with E-state index in [4.69, 9.17) is 9.83 Å². The monoisotopic (exact) mass is 390 g/mol. The molecule has 0 aliphatic heterocycles. The molecule has 2 N–H and O–H groups in total. The van der Waals surface area contributed by atoms with Gasteiger partial charge in [-0.15, -0.1) is 0 Å². The average Bonchev–Trinajstić information content (AvgIpc) is 3.27. The van der Waals surface area contributed by atoms with Crippen molar-refractivity contribution in [2.45, 2.75) is 26.2 Å². The summed E-state index contributed by atoms with van der Waals surface area (Å²) in [6.07, 6.45) is 2.24. The van der Waals surface area contributed by atoms with Crippen molar-refractivity contribution in [1.29, 1.82) is 5.41 Å². The van der Waals surface area contributed by atoms with Gasteiger partial charge >= 0.3 is 0 Å². The van der Waals surface area contributed by atoms with Crippen LogP contribution in [0.2, 0.25) is 0 Å². The van der Waals surface area contributed by atoms with Crippen LogP contribution >= 0.6 is 0 Å². The molecule has 5 heteroatoms. The third kappa shape index (κ3) is 6.28. The van der Waals surface area contributed by atoms with E-state index in [0.717, 1.165) is 11.1 Å². The van der Waals surface area contributed by atoms with Crippen molar-refractivity contribution in [3.05, 3.63) is 95.4 Å². The Labute approximate surface area is 171 Å². The number of hydrogen-bond acceptors (Lipinski definition) is 4. The van der Waals surface area contributed by atoms with Crippen molar-refractivity contribution >= 4 is 17.4 Å². The largest absolute Gasteiger partial charge is 0.469 e. The highest BCUT2D eigenvalue weighted by Crippen LogP contribution is 2.21. The summed E-state index contributed by atoms with van der Waals surface area (Å²) in [4.78, 5) is 22.9. The van der Waals surface area contributed by atoms with Gasteiger partial charge < -0.3 is 15.1 Å². The topological polar surface area (TPSA) is 83.2 Å². The maximum absolute atomic E-state index is 11.8. The lowest BCUT2D eigenvalue weighted by Crippen LogP contribution is -2.26. The third-order valence-electron chi connectivity index (χ3n) is 4.44. The van der Waals surface area contributed by atoms with Crippen molar-refractivity contribution in [1.82, 2.24) is 5.32 Å². The Kier molecular flexibility index (Phi) is 8.10. The van der Waals surface area contributed by atoms with E-state index in [1.165, 1.54) is 6.92 Å². The first-order valence-electron chi connectivity index (χ1n) is 9.38. The molecule has 150 valence electrons. The van der Waals surface area contributed by atoms with Gasteiger partial charge in [-0.3, -0.25) is 9.59 Å². The number of amides is 1. The summed E-state index contributed by atoms with van der Waals surface area (Å²) in [5, 5.41) is 10.1. The van der Waals surface area contributed by atoms with Crippen molar-refractivity contribution in [3.8, 4) is 0 Å². The highest BCUT2D eigenvalue weighted by Gasteiger charge is 2.22. The molecule has 29 heavy (non-hydrogen) atoms. The number of Topliss-reactive ketones (excluding diaryl/α,β-unsaturated/α-hetero) is 1. The molecule has 3 rings (SSSR count). The molecule has 5 nitrogen and oxygen atoms in total. The Hall–Kier alpha value is -3.47. The highest BCUT2D eigenvalue weighted by molar-refractivity contribution is 6.08. The number of nitrogens with one attached hydrogen (secondary N) is 2. The fourth-order valence-corrected chi connectivity index (χ4v) is 2.95. The zero-order valence-electron chi connectivity index (χ0n) is 16.9. The predicted molar refractivity (Wildman–Crippen MR) is 115 cm³/mol. The number of carbonyl (C=O) groups is 2. The number of furan rings is 1. The molecular formula is C24H26N2O3. The van der Waals surface area contributed by atoms with Crippen LogP contribution in [0, 0.1) is 5.41 Å². The Morgan fingerprint density at radius 3 is 2.03 bits per heavy atom. The van der Waals surface area contributed by atoms with Gasteiger partial charge in [0.15, 0.2) is 5.78 Å². The lowest BCUT2D eigenvalue weighted by molar-refractivity contribution is -0.122. The fraction of sp³-hybridized carbons (Fsp3) is 0.208. The number of hydrogen-bond donors (Lipinski definition) is 2. The van der Waals surface area contributed by atoms with Gasteiger partial charge in [0, 0.05) is 23.9 Å². The van der Waals surface area contributed by atoms with E-state index in [2.05, 4.69) is 5.32 Å². The summed E-state index contributed by atoms with van der Waals surface area (Å²) in [6.45, 7) is 3.20. The van der Waals surface area contributed by atoms with Crippen molar-refractivity contribution in [2.75, 3.05) is 7.05 Å². The fourth-order valence-electron chi connectivity index (χ4n) is 2.95. The molecule has 0 aliphatic rings. The van der Waals surface area contributed by atoms with Gasteiger partial charge in [0.25, 0.3) is 0 Å². The Bertz CT molecular complexity index is 914. The quantitative estimate of drug-likeness (QED) is 0.475. The van der Waals surface area contributed by atoms with Crippen LogP contribution < -0.4 is 5.32 Å². The number of rotatable bonds is 6. The molecule has 0 saturated heterocycles. The molecule has 3 aromatic rings. The first-order chi connectivity index (χ1) is 13.9. The molecule has 0 saturated carbocycles. The summed E-state index contributed by atoms with van der Waals surface area (Å²) < 4.78 is 5.33. The predicted octanol–water partition coefficient (Wildman–Crippen LogP) is 4.63. The van der Waals surface area contributed by atoms with Gasteiger partial charge in [0.05, 0.1) is 12.2 Å². The van der Waals surface area contributed by atoms with Gasteiger partial charge in [-0.05, 0) is 38.0 Å². The molecule has 1 amide bonds. The summed E-state index contributed by atoms with van der Waals surface area (Å²) in [5.41, 5.74) is 2.91. The molecule has 0 spiro atoms. The van der Waals surface area contributed by atoms with Crippen LogP contribution in [0.4, 0.5) is 0 Å². The molecule has 1 unspecified atom stereocenters. The first-order valence-corrected chi connectivity index (χ1v) is 9.38. The lowest BCUT2D eigenvalue weighted by Gasteiger charge is -2.12. The van der Waals surface area contributed by atoms with Crippen LogP contribution in [0.5, 0.6) is 0 Å². The first kappa shape index (κ1) is 21.8. The number of benzene rings is 2. The van der Waals surface area contributed by atoms with Crippen LogP contribution in [0.1, 0.15) is 47.0 Å². The SMILES string of the molecule is CC(=N)c1ccccc1C(C)=O.CNC(=O)C(Cc1ccccc1)c1ccco1. The summed E-state index contributed by atoms with van der Waals surface area (Å²) in [6, 6.07) is 20.7. The minimum Gasteiger partial charge on any atom is -0.469 e. The van der Waals surface area contributed by atoms with Crippen LogP contribution in [0.25, 0.3) is 0 Å². The minimum atomic E-state index is -0.266. The van der Waals surface area contributed by atoms with Crippen LogP contribution in [-0.4, -0.2) is 24.4 Å². The second-order valence-corrected chi connectivity index (χ2v) is 6.60. The van der Waals surface area contributed by atoms with Gasteiger partial charge in [-0.25, -0.2) is 0 Å². The molecular weight excluding hydrogens is 364 g/mol. The molecule has 1 atom stereocenters. The number of likely N-dealkylation sites (N-methyl/N-ethyl adjacent to an activating group) is 1. The molecule has 2 aromatic carbocycles. The Morgan fingerprint density at radius 2 is 1.55 bits per heavy atom. The van der Waals surface area contributed by atoms with Crippen molar-refractivity contribution in [2.24, 2.45) is 0 Å². The van der Waals surface area contributed by atoms with E-state index in [0.29, 0.717) is 23.5 Å². The number of ketones is 1. The van der Waals surface area contributed by atoms with Crippen LogP contribution in [0.3, 0.4) is 0 Å². The van der Waals surface area contributed by atoms with Crippen LogP contribution in [0.15, 0.2) is 77.4 Å². The molecule has 1 heterocycles. The van der Waals surface area contributed by atoms with E-state index in [1.54, 1.807) is 38.4 Å². The Balaban J connectivity index is 0.000000221. The molecule has 0 aliphatic carbocycles. The third-order valence-corrected chi connectivity index (χ3v) is 4.44. The van der Waals surface area contributed by atoms with E-state index in [-0.39, 0.29) is 17.6 Å². The molecule has 0 bridgehead atoms. The zero-order valence-corrected chi connectivity index (χ0v) is 16.9. The van der Waals surface area contributed by atoms with Gasteiger partial charge in [0.2, 0.25) is 5.91 Å². The second-order valence-electron chi connectivity index (χ2n) is 6.60. The summed E-state index contributed by atoms with van der Waals surface area (Å²) in [5.74, 6) is 0.423. The van der Waals surface area contributed by atoms with E-state index in [1.807, 2.05) is 48.5 Å². The Morgan fingerprint density at radius 1 is 0.931 bits per heavy atom. The minimum absolute atomic E-state index is 0.0113. The van der Waals surface area contributed by atoms with E-state index >= 15 is 0 Å². The molecule has 0 radical (unpaired) electrons. The zero-order chi connectivity index (χ0) is 21.2. The van der Waals surface area contributed by atoms with Gasteiger partial charge in [0.1, 0.15) is 5.76 Å². The standard InChI is InChI=1S/C14H15NO2.C10H11NO/c1-15-14(16)12(13-8-5-9-17-13)10-11-6-3-2-4-7-11;1-7(11)9-5-3-4-6-10(9)8(2)12/h2-9,12H,10H2,1H3,(H,15,16);3-6,11H,1-2H3. The normalized spacial score (nSPS) is 11.0. The maximum atomic E-state index is 11.8. The molecule has 1 aromatic heterocycles. The lowest BCUT2D eigenvalue weighted by atomic mass is 9.96. The average molecular weight is 390 g/mol. The van der Waals surface area contributed by atoms with Crippen molar-refractivity contribution in [3.63, 3.8) is 0 Å². The molecule has 0 fully saturated rings. The number of carbonyl (C=O) groups excluding carboxylic acids is 2. The van der Waals surface area contributed by atoms with Gasteiger partial charge in [-0.2, -0.15) is 0 Å². The van der Waals surface area contributed by atoms with Crippen LogP contribution in [-0.2, 0) is 11.2 Å². The highest BCUT2D eigenvalue weighted by atomic mass is 16.3.